The van der Waals surface area contributed by atoms with Crippen LogP contribution in [0.25, 0.3) is 12.2 Å². The van der Waals surface area contributed by atoms with Crippen molar-refractivity contribution in [2.75, 3.05) is 0 Å². The molecular formula is C26H20Cl2O. The molecule has 0 unspecified atom stereocenters. The Kier molecular flexibility index (Phi) is 5.99. The monoisotopic (exact) mass is 418 g/mol. The van der Waals surface area contributed by atoms with Crippen molar-refractivity contribution < 1.29 is 4.79 Å². The van der Waals surface area contributed by atoms with E-state index in [1.807, 2.05) is 66.7 Å². The molecule has 0 bridgehead atoms. The molecule has 0 aromatic heterocycles. The van der Waals surface area contributed by atoms with Gasteiger partial charge in [-0.2, -0.15) is 0 Å². The third-order valence-electron chi connectivity index (χ3n) is 5.21. The molecule has 1 aliphatic carbocycles. The van der Waals surface area contributed by atoms with Crippen molar-refractivity contribution >= 4 is 41.1 Å². The minimum atomic E-state index is 0.113. The van der Waals surface area contributed by atoms with Gasteiger partial charge in [-0.3, -0.25) is 4.79 Å². The van der Waals surface area contributed by atoms with Crippen molar-refractivity contribution in [2.24, 2.45) is 0 Å². The summed E-state index contributed by atoms with van der Waals surface area (Å²) in [5.74, 6) is 0.382. The lowest BCUT2D eigenvalue weighted by molar-refractivity contribution is -0.113. The third-order valence-corrected chi connectivity index (χ3v) is 5.71. The summed E-state index contributed by atoms with van der Waals surface area (Å²) in [4.78, 5) is 13.3. The summed E-state index contributed by atoms with van der Waals surface area (Å²) in [5, 5.41) is 1.38. The van der Waals surface area contributed by atoms with E-state index in [-0.39, 0.29) is 11.7 Å². The van der Waals surface area contributed by atoms with E-state index in [9.17, 15) is 4.79 Å². The van der Waals surface area contributed by atoms with Gasteiger partial charge in [-0.25, -0.2) is 0 Å². The summed E-state index contributed by atoms with van der Waals surface area (Å²) in [6, 6.07) is 25.6. The molecule has 3 aromatic carbocycles. The van der Waals surface area contributed by atoms with Crippen LogP contribution in [0, 0.1) is 0 Å². The number of hydrogen-bond acceptors (Lipinski definition) is 1. The Bertz CT molecular complexity index is 994. The minimum Gasteiger partial charge on any atom is -0.289 e. The average molecular weight is 419 g/mol. The van der Waals surface area contributed by atoms with Crippen LogP contribution in [-0.2, 0) is 4.79 Å². The molecule has 1 aliphatic rings. The van der Waals surface area contributed by atoms with Crippen LogP contribution in [0.15, 0.2) is 90.0 Å². The second-order valence-electron chi connectivity index (χ2n) is 7.29. The Balaban J connectivity index is 1.73. The normalized spacial score (nSPS) is 19.7. The van der Waals surface area contributed by atoms with Gasteiger partial charge in [-0.15, -0.1) is 0 Å². The van der Waals surface area contributed by atoms with E-state index < -0.39 is 0 Å². The molecule has 0 heterocycles. The zero-order valence-electron chi connectivity index (χ0n) is 15.8. The Labute approximate surface area is 181 Å². The second kappa shape index (κ2) is 8.82. The number of hydrogen-bond donors (Lipinski definition) is 0. The highest BCUT2D eigenvalue weighted by Gasteiger charge is 2.28. The number of carbonyl (C=O) groups is 1. The SMILES string of the molecule is O=C1/C(=C\c2ccc(Cl)cc2)CC(c2ccccc2)C/C1=C/c1ccc(Cl)cc1. The van der Waals surface area contributed by atoms with Gasteiger partial charge < -0.3 is 0 Å². The largest absolute Gasteiger partial charge is 0.289 e. The van der Waals surface area contributed by atoms with Crippen LogP contribution in [0.1, 0.15) is 35.4 Å². The van der Waals surface area contributed by atoms with E-state index in [0.717, 1.165) is 35.1 Å². The third kappa shape index (κ3) is 4.87. The highest BCUT2D eigenvalue weighted by atomic mass is 35.5. The molecule has 4 rings (SSSR count). The van der Waals surface area contributed by atoms with Crippen molar-refractivity contribution in [3.8, 4) is 0 Å². The van der Waals surface area contributed by atoms with Gasteiger partial charge >= 0.3 is 0 Å². The number of Topliss-reactive ketones (excluding diaryl/α,β-unsaturated/α-hetero) is 1. The molecular weight excluding hydrogens is 399 g/mol. The Morgan fingerprint density at radius 2 is 1.10 bits per heavy atom. The van der Waals surface area contributed by atoms with E-state index in [0.29, 0.717) is 10.0 Å². The fraction of sp³-hybridized carbons (Fsp3) is 0.115. The molecule has 1 saturated carbocycles. The van der Waals surface area contributed by atoms with Gasteiger partial charge in [-0.1, -0.05) is 77.8 Å². The van der Waals surface area contributed by atoms with Crippen LogP contribution < -0.4 is 0 Å². The molecule has 0 radical (unpaired) electrons. The summed E-state index contributed by atoms with van der Waals surface area (Å²) in [6.07, 6.45) is 5.43. The Hall–Kier alpha value is -2.61. The zero-order valence-corrected chi connectivity index (χ0v) is 17.3. The lowest BCUT2D eigenvalue weighted by Gasteiger charge is -2.26. The van der Waals surface area contributed by atoms with Crippen LogP contribution in [0.3, 0.4) is 0 Å². The Morgan fingerprint density at radius 3 is 1.55 bits per heavy atom. The van der Waals surface area contributed by atoms with E-state index in [2.05, 4.69) is 24.3 Å². The van der Waals surface area contributed by atoms with E-state index in [4.69, 9.17) is 23.2 Å². The van der Waals surface area contributed by atoms with Gasteiger partial charge in [0.25, 0.3) is 0 Å². The first-order chi connectivity index (χ1) is 14.1. The molecule has 144 valence electrons. The molecule has 0 amide bonds. The molecule has 1 fully saturated rings. The maximum atomic E-state index is 13.3. The average Bonchev–Trinajstić information content (AvgIpc) is 2.74. The van der Waals surface area contributed by atoms with Crippen LogP contribution in [0.5, 0.6) is 0 Å². The predicted molar refractivity (Wildman–Crippen MR) is 122 cm³/mol. The predicted octanol–water partition coefficient (Wildman–Crippen LogP) is 7.61. The van der Waals surface area contributed by atoms with Crippen molar-refractivity contribution in [1.82, 2.24) is 0 Å². The highest BCUT2D eigenvalue weighted by Crippen LogP contribution is 2.38. The molecule has 0 saturated heterocycles. The molecule has 0 atom stereocenters. The maximum Gasteiger partial charge on any atom is 0.185 e. The van der Waals surface area contributed by atoms with E-state index in [1.54, 1.807) is 0 Å². The lowest BCUT2D eigenvalue weighted by atomic mass is 9.77. The molecule has 1 nitrogen and oxygen atoms in total. The van der Waals surface area contributed by atoms with Crippen molar-refractivity contribution in [2.45, 2.75) is 18.8 Å². The first-order valence-corrected chi connectivity index (χ1v) is 10.4. The number of allylic oxidation sites excluding steroid dienone is 2. The first kappa shape index (κ1) is 19.7. The molecule has 3 heteroatoms. The summed E-state index contributed by atoms with van der Waals surface area (Å²) >= 11 is 12.0. The quantitative estimate of drug-likeness (QED) is 0.400. The molecule has 3 aromatic rings. The number of rotatable bonds is 3. The van der Waals surface area contributed by atoms with Crippen LogP contribution in [-0.4, -0.2) is 5.78 Å². The van der Waals surface area contributed by atoms with E-state index >= 15 is 0 Å². The smallest absolute Gasteiger partial charge is 0.185 e. The van der Waals surface area contributed by atoms with Crippen molar-refractivity contribution in [3.05, 3.63) is 117 Å². The Morgan fingerprint density at radius 1 is 0.655 bits per heavy atom. The van der Waals surface area contributed by atoms with Gasteiger partial charge in [0.05, 0.1) is 0 Å². The van der Waals surface area contributed by atoms with Gasteiger partial charge in [0.2, 0.25) is 0 Å². The molecule has 29 heavy (non-hydrogen) atoms. The number of halogens is 2. The minimum absolute atomic E-state index is 0.113. The summed E-state index contributed by atoms with van der Waals surface area (Å²) < 4.78 is 0. The van der Waals surface area contributed by atoms with Gasteiger partial charge in [0.15, 0.2) is 5.78 Å². The standard InChI is InChI=1S/C26H20Cl2O/c27-24-10-6-18(7-11-24)14-22-16-21(20-4-2-1-3-5-20)17-23(26(22)29)15-19-8-12-25(28)13-9-19/h1-15,21H,16-17H2/b22-14-,23-15-. The number of carbonyl (C=O) groups excluding carboxylic acids is 1. The molecule has 0 N–H and O–H groups in total. The first-order valence-electron chi connectivity index (χ1n) is 9.60. The van der Waals surface area contributed by atoms with Crippen LogP contribution in [0.2, 0.25) is 10.0 Å². The summed E-state index contributed by atoms with van der Waals surface area (Å²) in [6.45, 7) is 0. The van der Waals surface area contributed by atoms with Crippen LogP contribution >= 0.6 is 23.2 Å². The number of benzene rings is 3. The maximum absolute atomic E-state index is 13.3. The van der Waals surface area contributed by atoms with Crippen molar-refractivity contribution in [3.63, 3.8) is 0 Å². The second-order valence-corrected chi connectivity index (χ2v) is 8.16. The van der Waals surface area contributed by atoms with Gasteiger partial charge in [0.1, 0.15) is 0 Å². The topological polar surface area (TPSA) is 17.1 Å². The van der Waals surface area contributed by atoms with E-state index in [1.165, 1.54) is 5.56 Å². The fourth-order valence-electron chi connectivity index (χ4n) is 3.72. The zero-order chi connectivity index (χ0) is 20.2. The van der Waals surface area contributed by atoms with Crippen molar-refractivity contribution in [1.29, 1.82) is 0 Å². The summed E-state index contributed by atoms with van der Waals surface area (Å²) in [7, 11) is 0. The number of ketones is 1. The van der Waals surface area contributed by atoms with Gasteiger partial charge in [0, 0.05) is 21.2 Å². The van der Waals surface area contributed by atoms with Crippen LogP contribution in [0.4, 0.5) is 0 Å². The van der Waals surface area contributed by atoms with Gasteiger partial charge in [-0.05, 0) is 71.9 Å². The lowest BCUT2D eigenvalue weighted by Crippen LogP contribution is -2.19. The summed E-state index contributed by atoms with van der Waals surface area (Å²) in [5.41, 5.74) is 4.87. The fourth-order valence-corrected chi connectivity index (χ4v) is 3.98. The molecule has 0 spiro atoms. The highest BCUT2D eigenvalue weighted by molar-refractivity contribution is 6.30. The molecule has 0 aliphatic heterocycles.